The molecule has 0 aliphatic rings. The number of phenols is 1. The molecule has 0 saturated carbocycles. The van der Waals surface area contributed by atoms with E-state index in [9.17, 15) is 5.11 Å². The van der Waals surface area contributed by atoms with Gasteiger partial charge in [0.2, 0.25) is 0 Å². The zero-order valence-corrected chi connectivity index (χ0v) is 14.5. The predicted molar refractivity (Wildman–Crippen MR) is 99.8 cm³/mol. The Kier molecular flexibility index (Phi) is 4.10. The van der Waals surface area contributed by atoms with Crippen molar-refractivity contribution in [3.8, 4) is 23.0 Å². The molecule has 1 aromatic carbocycles. The fourth-order valence-electron chi connectivity index (χ4n) is 2.62. The number of aromatic nitrogens is 2. The number of rotatable bonds is 4. The standard InChI is InChI=1S/C19H14ClN3O3/c1-25-16-9-12(4-6-14(16)24)10-21-19-18(15-3-2-8-26-15)22-17-7-5-13(20)11-23(17)19/h2-11,24H,1H3/b21-10+. The van der Waals surface area contributed by atoms with Gasteiger partial charge in [-0.3, -0.25) is 4.40 Å². The number of furan rings is 1. The summed E-state index contributed by atoms with van der Waals surface area (Å²) in [7, 11) is 1.50. The lowest BCUT2D eigenvalue weighted by Crippen LogP contribution is -1.88. The summed E-state index contributed by atoms with van der Waals surface area (Å²) >= 11 is 6.13. The summed E-state index contributed by atoms with van der Waals surface area (Å²) in [5, 5.41) is 10.3. The van der Waals surface area contributed by atoms with E-state index in [1.807, 2.05) is 12.1 Å². The first-order valence-corrected chi connectivity index (χ1v) is 8.16. The normalized spacial score (nSPS) is 11.5. The van der Waals surface area contributed by atoms with Gasteiger partial charge in [-0.1, -0.05) is 11.6 Å². The first-order chi connectivity index (χ1) is 12.7. The van der Waals surface area contributed by atoms with Crippen LogP contribution in [0.1, 0.15) is 5.56 Å². The van der Waals surface area contributed by atoms with E-state index < -0.39 is 0 Å². The van der Waals surface area contributed by atoms with Crippen molar-refractivity contribution in [3.05, 3.63) is 65.5 Å². The molecule has 3 heterocycles. The number of benzene rings is 1. The summed E-state index contributed by atoms with van der Waals surface area (Å²) < 4.78 is 12.4. The minimum Gasteiger partial charge on any atom is -0.504 e. The van der Waals surface area contributed by atoms with Gasteiger partial charge >= 0.3 is 0 Å². The first-order valence-electron chi connectivity index (χ1n) is 7.78. The van der Waals surface area contributed by atoms with Crippen molar-refractivity contribution < 1.29 is 14.3 Å². The maximum atomic E-state index is 9.72. The molecule has 0 radical (unpaired) electrons. The lowest BCUT2D eigenvalue weighted by Gasteiger charge is -2.03. The van der Waals surface area contributed by atoms with Gasteiger partial charge in [0.25, 0.3) is 0 Å². The summed E-state index contributed by atoms with van der Waals surface area (Å²) in [4.78, 5) is 9.17. The van der Waals surface area contributed by atoms with Crippen molar-refractivity contribution in [2.75, 3.05) is 7.11 Å². The number of fused-ring (bicyclic) bond motifs is 1. The van der Waals surface area contributed by atoms with Crippen LogP contribution in [0.15, 0.2) is 64.3 Å². The van der Waals surface area contributed by atoms with Crippen LogP contribution in [-0.4, -0.2) is 27.8 Å². The van der Waals surface area contributed by atoms with Gasteiger partial charge in [0.15, 0.2) is 28.8 Å². The third-order valence-corrected chi connectivity index (χ3v) is 4.08. The number of hydrogen-bond donors (Lipinski definition) is 1. The van der Waals surface area contributed by atoms with E-state index in [0.717, 1.165) is 5.56 Å². The molecule has 4 rings (SSSR count). The molecule has 0 bridgehead atoms. The minimum atomic E-state index is 0.0718. The molecule has 26 heavy (non-hydrogen) atoms. The number of nitrogens with zero attached hydrogens (tertiary/aromatic N) is 3. The zero-order chi connectivity index (χ0) is 18.1. The second kappa shape index (κ2) is 6.57. The van der Waals surface area contributed by atoms with E-state index in [2.05, 4.69) is 9.98 Å². The van der Waals surface area contributed by atoms with Gasteiger partial charge in [0.1, 0.15) is 5.65 Å². The van der Waals surface area contributed by atoms with Gasteiger partial charge < -0.3 is 14.3 Å². The van der Waals surface area contributed by atoms with Crippen LogP contribution in [0, 0.1) is 0 Å². The molecule has 0 unspecified atom stereocenters. The number of phenolic OH excluding ortho intramolecular Hbond substituents is 1. The molecule has 3 aromatic heterocycles. The maximum absolute atomic E-state index is 9.72. The van der Waals surface area contributed by atoms with Crippen molar-refractivity contribution >= 4 is 29.3 Å². The molecule has 1 N–H and O–H groups in total. The molecule has 6 nitrogen and oxygen atoms in total. The number of hydrogen-bond acceptors (Lipinski definition) is 5. The summed E-state index contributed by atoms with van der Waals surface area (Å²) in [5.74, 6) is 1.65. The summed E-state index contributed by atoms with van der Waals surface area (Å²) in [5.41, 5.74) is 2.08. The number of ether oxygens (including phenoxy) is 1. The molecule has 0 atom stereocenters. The maximum Gasteiger partial charge on any atom is 0.168 e. The fraction of sp³-hybridized carbons (Fsp3) is 0.0526. The lowest BCUT2D eigenvalue weighted by atomic mass is 10.2. The van der Waals surface area contributed by atoms with Gasteiger partial charge in [-0.25, -0.2) is 9.98 Å². The third kappa shape index (κ3) is 2.91. The molecule has 7 heteroatoms. The van der Waals surface area contributed by atoms with Gasteiger partial charge in [-0.05, 0) is 48.0 Å². The Bertz CT molecular complexity index is 1100. The fourth-order valence-corrected chi connectivity index (χ4v) is 2.78. The van der Waals surface area contributed by atoms with Crippen molar-refractivity contribution in [2.24, 2.45) is 4.99 Å². The predicted octanol–water partition coefficient (Wildman–Crippen LogP) is 4.71. The van der Waals surface area contributed by atoms with Crippen LogP contribution in [0.3, 0.4) is 0 Å². The quantitative estimate of drug-likeness (QED) is 0.530. The number of aromatic hydroxyl groups is 1. The second-order valence-corrected chi connectivity index (χ2v) is 5.96. The largest absolute Gasteiger partial charge is 0.504 e. The Morgan fingerprint density at radius 2 is 2.15 bits per heavy atom. The van der Waals surface area contributed by atoms with E-state index in [-0.39, 0.29) is 5.75 Å². The van der Waals surface area contributed by atoms with Crippen molar-refractivity contribution in [3.63, 3.8) is 0 Å². The second-order valence-electron chi connectivity index (χ2n) is 5.53. The monoisotopic (exact) mass is 367 g/mol. The third-order valence-electron chi connectivity index (χ3n) is 3.85. The number of aliphatic imine (C=N–C) groups is 1. The van der Waals surface area contributed by atoms with Gasteiger partial charge in [0, 0.05) is 12.4 Å². The van der Waals surface area contributed by atoms with Crippen molar-refractivity contribution in [1.29, 1.82) is 0 Å². The van der Waals surface area contributed by atoms with E-state index in [1.165, 1.54) is 7.11 Å². The van der Waals surface area contributed by atoms with Crippen LogP contribution in [0.2, 0.25) is 5.02 Å². The van der Waals surface area contributed by atoms with Crippen LogP contribution in [-0.2, 0) is 0 Å². The van der Waals surface area contributed by atoms with Crippen LogP contribution in [0.5, 0.6) is 11.5 Å². The Morgan fingerprint density at radius 1 is 1.27 bits per heavy atom. The molecular formula is C19H14ClN3O3. The topological polar surface area (TPSA) is 72.3 Å². The summed E-state index contributed by atoms with van der Waals surface area (Å²) in [6.07, 6.45) is 5.00. The Labute approximate surface area is 154 Å². The van der Waals surface area contributed by atoms with Crippen LogP contribution >= 0.6 is 11.6 Å². The highest BCUT2D eigenvalue weighted by Gasteiger charge is 2.15. The number of halogens is 1. The smallest absolute Gasteiger partial charge is 0.168 e. The number of pyridine rings is 1. The van der Waals surface area contributed by atoms with Crippen molar-refractivity contribution in [2.45, 2.75) is 0 Å². The highest BCUT2D eigenvalue weighted by molar-refractivity contribution is 6.30. The van der Waals surface area contributed by atoms with Crippen molar-refractivity contribution in [1.82, 2.24) is 9.38 Å². The zero-order valence-electron chi connectivity index (χ0n) is 13.8. The average molecular weight is 368 g/mol. The Morgan fingerprint density at radius 3 is 2.92 bits per heavy atom. The Balaban J connectivity index is 1.84. The molecule has 0 fully saturated rings. The highest BCUT2D eigenvalue weighted by atomic mass is 35.5. The number of methoxy groups -OCH3 is 1. The van der Waals surface area contributed by atoms with E-state index in [0.29, 0.717) is 33.7 Å². The molecule has 130 valence electrons. The summed E-state index contributed by atoms with van der Waals surface area (Å²) in [6.45, 7) is 0. The minimum absolute atomic E-state index is 0.0718. The molecule has 0 amide bonds. The van der Waals surface area contributed by atoms with Gasteiger partial charge in [0.05, 0.1) is 18.4 Å². The van der Waals surface area contributed by atoms with E-state index >= 15 is 0 Å². The SMILES string of the molecule is COc1cc(/C=N/c2c(-c3ccco3)nc3ccc(Cl)cn23)ccc1O. The van der Waals surface area contributed by atoms with Gasteiger partial charge in [-0.2, -0.15) is 0 Å². The number of imidazole rings is 1. The molecular weight excluding hydrogens is 354 g/mol. The molecule has 0 aliphatic heterocycles. The molecule has 4 aromatic rings. The van der Waals surface area contributed by atoms with E-state index in [4.69, 9.17) is 20.8 Å². The highest BCUT2D eigenvalue weighted by Crippen LogP contribution is 2.32. The van der Waals surface area contributed by atoms with Gasteiger partial charge in [-0.15, -0.1) is 0 Å². The van der Waals surface area contributed by atoms with Crippen LogP contribution in [0.4, 0.5) is 5.82 Å². The first kappa shape index (κ1) is 16.2. The van der Waals surface area contributed by atoms with E-state index in [1.54, 1.807) is 53.4 Å². The lowest BCUT2D eigenvalue weighted by molar-refractivity contribution is 0.373. The Hall–Kier alpha value is -3.25. The summed E-state index contributed by atoms with van der Waals surface area (Å²) in [6, 6.07) is 12.2. The molecule has 0 saturated heterocycles. The molecule has 0 spiro atoms. The van der Waals surface area contributed by atoms with Crippen LogP contribution < -0.4 is 4.74 Å². The molecule has 0 aliphatic carbocycles. The van der Waals surface area contributed by atoms with Crippen LogP contribution in [0.25, 0.3) is 17.1 Å². The average Bonchev–Trinajstić information content (AvgIpc) is 3.28.